The minimum Gasteiger partial charge on any atom is -0.508 e. The van der Waals surface area contributed by atoms with Crippen LogP contribution in [0.25, 0.3) is 11.6 Å². The molecule has 32 heavy (non-hydrogen) atoms. The molecule has 0 unspecified atom stereocenters. The van der Waals surface area contributed by atoms with Crippen LogP contribution >= 0.6 is 0 Å². The maximum atomic E-state index is 12.1. The van der Waals surface area contributed by atoms with Crippen molar-refractivity contribution in [2.24, 2.45) is 0 Å². The summed E-state index contributed by atoms with van der Waals surface area (Å²) >= 11 is 0. The molecule has 1 amide bonds. The molecule has 2 N–H and O–H groups in total. The predicted octanol–water partition coefficient (Wildman–Crippen LogP) is 4.31. The van der Waals surface area contributed by atoms with Crippen LogP contribution in [0.1, 0.15) is 44.7 Å². The van der Waals surface area contributed by atoms with Crippen molar-refractivity contribution in [2.75, 3.05) is 20.6 Å². The number of amides is 1. The largest absolute Gasteiger partial charge is 0.508 e. The third-order valence-corrected chi connectivity index (χ3v) is 5.76. The van der Waals surface area contributed by atoms with Crippen LogP contribution in [-0.2, 0) is 19.4 Å². The monoisotopic (exact) mass is 427 g/mol. The Bertz CT molecular complexity index is 1130. The first kappa shape index (κ1) is 21.8. The van der Waals surface area contributed by atoms with Gasteiger partial charge in [0, 0.05) is 44.6 Å². The van der Waals surface area contributed by atoms with E-state index in [1.807, 2.05) is 48.7 Å². The Kier molecular flexibility index (Phi) is 6.66. The van der Waals surface area contributed by atoms with Crippen LogP contribution < -0.4 is 5.32 Å². The lowest BCUT2D eigenvalue weighted by molar-refractivity contribution is 0.0827. The van der Waals surface area contributed by atoms with Crippen LogP contribution in [-0.4, -0.2) is 41.5 Å². The molecule has 0 atom stereocenters. The number of fused-ring (bicyclic) bond motifs is 1. The lowest BCUT2D eigenvalue weighted by Gasteiger charge is -2.11. The van der Waals surface area contributed by atoms with Crippen LogP contribution in [0, 0.1) is 0 Å². The standard InChI is InChI=1S/C27H29N3O2/c1-30(2)27(32)21-11-9-20(10-12-21)22-14-23-18-29-25(15-24(23)17-28-16-22)7-3-5-19-6-4-8-26(31)13-19/h4,6,8-15,18,28,31H,3,5,7,16-17H2,1-2H3. The van der Waals surface area contributed by atoms with Crippen LogP contribution in [0.4, 0.5) is 0 Å². The number of aromatic nitrogens is 1. The molecule has 0 saturated carbocycles. The molecule has 2 aromatic carbocycles. The molecule has 5 nitrogen and oxygen atoms in total. The van der Waals surface area contributed by atoms with Gasteiger partial charge in [-0.1, -0.05) is 24.3 Å². The number of nitrogens with zero attached hydrogens (tertiary/aromatic N) is 2. The quantitative estimate of drug-likeness (QED) is 0.615. The molecule has 2 heterocycles. The molecule has 0 fully saturated rings. The zero-order valence-electron chi connectivity index (χ0n) is 18.6. The number of rotatable bonds is 6. The smallest absolute Gasteiger partial charge is 0.253 e. The maximum Gasteiger partial charge on any atom is 0.253 e. The number of carbonyl (C=O) groups is 1. The topological polar surface area (TPSA) is 65.5 Å². The fraction of sp³-hybridized carbons (Fsp3) is 0.259. The van der Waals surface area contributed by atoms with E-state index in [0.29, 0.717) is 11.3 Å². The lowest BCUT2D eigenvalue weighted by Crippen LogP contribution is -2.21. The molecular formula is C27H29N3O2. The number of carbonyl (C=O) groups excluding carboxylic acids is 1. The zero-order chi connectivity index (χ0) is 22.5. The molecule has 0 spiro atoms. The first-order valence-corrected chi connectivity index (χ1v) is 11.0. The number of phenolic OH excluding ortho intramolecular Hbond substituents is 1. The number of benzene rings is 2. The summed E-state index contributed by atoms with van der Waals surface area (Å²) in [6.07, 6.45) is 6.97. The Hall–Kier alpha value is -3.44. The van der Waals surface area contributed by atoms with Crippen molar-refractivity contribution < 1.29 is 9.90 Å². The average molecular weight is 428 g/mol. The molecule has 1 aliphatic heterocycles. The number of hydrogen-bond donors (Lipinski definition) is 2. The van der Waals surface area contributed by atoms with Gasteiger partial charge in [0.25, 0.3) is 5.91 Å². The van der Waals surface area contributed by atoms with Crippen LogP contribution in [0.2, 0.25) is 0 Å². The minimum atomic E-state index is 0.00987. The van der Waals surface area contributed by atoms with Gasteiger partial charge in [-0.15, -0.1) is 0 Å². The Labute approximate surface area is 189 Å². The van der Waals surface area contributed by atoms with Crippen LogP contribution in [0.3, 0.4) is 0 Å². The Morgan fingerprint density at radius 1 is 1.06 bits per heavy atom. The highest BCUT2D eigenvalue weighted by Gasteiger charge is 2.13. The first-order chi connectivity index (χ1) is 15.5. The van der Waals surface area contributed by atoms with Gasteiger partial charge < -0.3 is 15.3 Å². The number of pyridine rings is 1. The van der Waals surface area contributed by atoms with Gasteiger partial charge in [-0.3, -0.25) is 9.78 Å². The number of aryl methyl sites for hydroxylation is 2. The highest BCUT2D eigenvalue weighted by molar-refractivity contribution is 5.94. The van der Waals surface area contributed by atoms with Gasteiger partial charge in [0.1, 0.15) is 5.75 Å². The highest BCUT2D eigenvalue weighted by atomic mass is 16.3. The Balaban J connectivity index is 1.45. The third-order valence-electron chi connectivity index (χ3n) is 5.76. The SMILES string of the molecule is CN(C)C(=O)c1ccc(C2=Cc3cnc(CCCc4cccc(O)c4)cc3CNC2)cc1. The zero-order valence-corrected chi connectivity index (χ0v) is 18.6. The van der Waals surface area contributed by atoms with Gasteiger partial charge in [0.15, 0.2) is 0 Å². The number of nitrogens with one attached hydrogen (secondary N) is 1. The summed E-state index contributed by atoms with van der Waals surface area (Å²) in [5.41, 5.74) is 7.61. The summed E-state index contributed by atoms with van der Waals surface area (Å²) in [5.74, 6) is 0.328. The van der Waals surface area contributed by atoms with E-state index in [0.717, 1.165) is 54.7 Å². The molecule has 0 saturated heterocycles. The second kappa shape index (κ2) is 9.79. The average Bonchev–Trinajstić information content (AvgIpc) is 3.01. The van der Waals surface area contributed by atoms with Crippen molar-refractivity contribution >= 4 is 17.6 Å². The summed E-state index contributed by atoms with van der Waals surface area (Å²) in [6, 6.07) is 17.4. The van der Waals surface area contributed by atoms with E-state index < -0.39 is 0 Å². The summed E-state index contributed by atoms with van der Waals surface area (Å²) < 4.78 is 0. The van der Waals surface area contributed by atoms with Gasteiger partial charge >= 0.3 is 0 Å². The van der Waals surface area contributed by atoms with Crippen molar-refractivity contribution in [2.45, 2.75) is 25.8 Å². The highest BCUT2D eigenvalue weighted by Crippen LogP contribution is 2.24. The number of hydrogen-bond acceptors (Lipinski definition) is 4. The molecule has 0 radical (unpaired) electrons. The normalized spacial score (nSPS) is 13.1. The second-order valence-electron chi connectivity index (χ2n) is 8.45. The summed E-state index contributed by atoms with van der Waals surface area (Å²) in [5, 5.41) is 13.1. The van der Waals surface area contributed by atoms with Gasteiger partial charge in [-0.05, 0) is 83.5 Å². The Morgan fingerprint density at radius 2 is 1.88 bits per heavy atom. The van der Waals surface area contributed by atoms with E-state index in [2.05, 4.69) is 17.5 Å². The molecule has 1 aliphatic rings. The molecule has 5 heteroatoms. The maximum absolute atomic E-state index is 12.1. The molecule has 0 aliphatic carbocycles. The molecular weight excluding hydrogens is 398 g/mol. The fourth-order valence-electron chi connectivity index (χ4n) is 4.00. The van der Waals surface area contributed by atoms with E-state index in [1.54, 1.807) is 25.1 Å². The van der Waals surface area contributed by atoms with Gasteiger partial charge in [-0.2, -0.15) is 0 Å². The van der Waals surface area contributed by atoms with Crippen molar-refractivity contribution in [3.8, 4) is 5.75 Å². The summed E-state index contributed by atoms with van der Waals surface area (Å²) in [7, 11) is 3.53. The predicted molar refractivity (Wildman–Crippen MR) is 128 cm³/mol. The van der Waals surface area contributed by atoms with Crippen molar-refractivity contribution in [1.29, 1.82) is 0 Å². The molecule has 1 aromatic heterocycles. The van der Waals surface area contributed by atoms with E-state index in [4.69, 9.17) is 4.98 Å². The summed E-state index contributed by atoms with van der Waals surface area (Å²) in [6.45, 7) is 1.57. The van der Waals surface area contributed by atoms with Crippen molar-refractivity contribution in [1.82, 2.24) is 15.2 Å². The van der Waals surface area contributed by atoms with Crippen LogP contribution in [0.5, 0.6) is 5.75 Å². The van der Waals surface area contributed by atoms with Gasteiger partial charge in [0.05, 0.1) is 0 Å². The summed E-state index contributed by atoms with van der Waals surface area (Å²) in [4.78, 5) is 18.4. The van der Waals surface area contributed by atoms with Crippen molar-refractivity contribution in [3.05, 3.63) is 94.3 Å². The first-order valence-electron chi connectivity index (χ1n) is 11.0. The van der Waals surface area contributed by atoms with Gasteiger partial charge in [-0.25, -0.2) is 0 Å². The Morgan fingerprint density at radius 3 is 2.62 bits per heavy atom. The minimum absolute atomic E-state index is 0.00987. The van der Waals surface area contributed by atoms with E-state index >= 15 is 0 Å². The van der Waals surface area contributed by atoms with E-state index in [1.165, 1.54) is 11.1 Å². The number of phenols is 1. The third kappa shape index (κ3) is 5.24. The van der Waals surface area contributed by atoms with Gasteiger partial charge in [0.2, 0.25) is 0 Å². The van der Waals surface area contributed by atoms with Crippen molar-refractivity contribution in [3.63, 3.8) is 0 Å². The van der Waals surface area contributed by atoms with Crippen LogP contribution in [0.15, 0.2) is 60.8 Å². The fourth-order valence-corrected chi connectivity index (χ4v) is 4.00. The molecule has 0 bridgehead atoms. The van der Waals surface area contributed by atoms with E-state index in [-0.39, 0.29) is 5.91 Å². The molecule has 4 rings (SSSR count). The number of aromatic hydroxyl groups is 1. The van der Waals surface area contributed by atoms with E-state index in [9.17, 15) is 9.90 Å². The lowest BCUT2D eigenvalue weighted by atomic mass is 10.0. The molecule has 164 valence electrons. The molecule has 3 aromatic rings. The second-order valence-corrected chi connectivity index (χ2v) is 8.45.